The lowest BCUT2D eigenvalue weighted by atomic mass is 10.1. The van der Waals surface area contributed by atoms with Gasteiger partial charge in [0.2, 0.25) is 0 Å². The molecular weight excluding hydrogens is 218 g/mol. The van der Waals surface area contributed by atoms with Crippen LogP contribution in [-0.4, -0.2) is 4.57 Å². The van der Waals surface area contributed by atoms with Gasteiger partial charge in [-0.1, -0.05) is 51.2 Å². The molecule has 0 fully saturated rings. The van der Waals surface area contributed by atoms with Crippen LogP contribution in [0.4, 0.5) is 0 Å². The van der Waals surface area contributed by atoms with E-state index in [1.54, 1.807) is 0 Å². The maximum atomic E-state index is 2.40. The van der Waals surface area contributed by atoms with Crippen molar-refractivity contribution >= 4 is 10.9 Å². The van der Waals surface area contributed by atoms with Crippen LogP contribution in [0.25, 0.3) is 10.9 Å². The van der Waals surface area contributed by atoms with Crippen LogP contribution in [0.1, 0.15) is 51.0 Å². The summed E-state index contributed by atoms with van der Waals surface area (Å²) < 4.78 is 2.40. The first-order chi connectivity index (χ1) is 8.81. The van der Waals surface area contributed by atoms with Gasteiger partial charge < -0.3 is 4.57 Å². The highest BCUT2D eigenvalue weighted by Gasteiger charge is 2.00. The van der Waals surface area contributed by atoms with E-state index in [1.165, 1.54) is 61.5 Å². The molecular formula is C17H25N. The van der Waals surface area contributed by atoms with Gasteiger partial charge >= 0.3 is 0 Å². The molecule has 0 aliphatic rings. The van der Waals surface area contributed by atoms with Gasteiger partial charge in [0.25, 0.3) is 0 Å². The zero-order chi connectivity index (χ0) is 12.8. The first-order valence-electron chi connectivity index (χ1n) is 7.37. The Morgan fingerprint density at radius 2 is 1.72 bits per heavy atom. The summed E-state index contributed by atoms with van der Waals surface area (Å²) in [5, 5.41) is 1.37. The average molecular weight is 243 g/mol. The van der Waals surface area contributed by atoms with Crippen molar-refractivity contribution in [3.8, 4) is 0 Å². The molecule has 1 heteroatoms. The Balaban J connectivity index is 1.86. The maximum absolute atomic E-state index is 2.40. The molecule has 2 aromatic rings. The van der Waals surface area contributed by atoms with Crippen molar-refractivity contribution in [3.05, 3.63) is 36.0 Å². The van der Waals surface area contributed by atoms with E-state index in [-0.39, 0.29) is 0 Å². The fourth-order valence-corrected chi connectivity index (χ4v) is 2.55. The Bertz CT molecular complexity index is 481. The van der Waals surface area contributed by atoms with Crippen LogP contribution in [0.3, 0.4) is 0 Å². The summed E-state index contributed by atoms with van der Waals surface area (Å²) in [6.45, 7) is 5.61. The topological polar surface area (TPSA) is 4.93 Å². The highest BCUT2D eigenvalue weighted by Crippen LogP contribution is 2.18. The Morgan fingerprint density at radius 1 is 0.944 bits per heavy atom. The molecule has 0 atom stereocenters. The van der Waals surface area contributed by atoms with E-state index >= 15 is 0 Å². The molecule has 0 bridgehead atoms. The van der Waals surface area contributed by atoms with E-state index in [9.17, 15) is 0 Å². The molecule has 0 saturated carbocycles. The van der Waals surface area contributed by atoms with Crippen molar-refractivity contribution in [1.29, 1.82) is 0 Å². The molecule has 18 heavy (non-hydrogen) atoms. The second kappa shape index (κ2) is 6.63. The van der Waals surface area contributed by atoms with Gasteiger partial charge in [-0.05, 0) is 36.4 Å². The predicted molar refractivity (Wildman–Crippen MR) is 80.1 cm³/mol. The van der Waals surface area contributed by atoms with Gasteiger partial charge in [0.15, 0.2) is 0 Å². The summed E-state index contributed by atoms with van der Waals surface area (Å²) in [6, 6.07) is 8.94. The van der Waals surface area contributed by atoms with Crippen molar-refractivity contribution < 1.29 is 0 Å². The van der Waals surface area contributed by atoms with Crippen LogP contribution >= 0.6 is 0 Å². The molecule has 0 aliphatic heterocycles. The Labute approximate surface area is 111 Å². The number of nitrogens with zero attached hydrogens (tertiary/aromatic N) is 1. The molecule has 0 spiro atoms. The second-order valence-corrected chi connectivity index (χ2v) is 5.34. The number of benzene rings is 1. The minimum atomic E-state index is 1.17. The molecule has 0 N–H and O–H groups in total. The number of hydrogen-bond acceptors (Lipinski definition) is 0. The summed E-state index contributed by atoms with van der Waals surface area (Å²) in [7, 11) is 0. The van der Waals surface area contributed by atoms with Crippen molar-refractivity contribution in [2.45, 2.75) is 58.9 Å². The Hall–Kier alpha value is -1.24. The van der Waals surface area contributed by atoms with Gasteiger partial charge in [-0.3, -0.25) is 0 Å². The summed E-state index contributed by atoms with van der Waals surface area (Å²) in [4.78, 5) is 0. The number of unbranched alkanes of at least 4 members (excludes halogenated alkanes) is 5. The molecule has 0 radical (unpaired) electrons. The standard InChI is InChI=1S/C17H25N/c1-3-4-5-6-7-8-12-18-13-11-16-10-9-15(2)14-17(16)18/h9-11,13-14H,3-8,12H2,1-2H3. The Kier molecular flexibility index (Phi) is 4.86. The lowest BCUT2D eigenvalue weighted by Gasteiger charge is -2.06. The van der Waals surface area contributed by atoms with Gasteiger partial charge in [-0.15, -0.1) is 0 Å². The van der Waals surface area contributed by atoms with Crippen molar-refractivity contribution in [2.24, 2.45) is 0 Å². The highest BCUT2D eigenvalue weighted by atomic mass is 14.9. The van der Waals surface area contributed by atoms with Crippen LogP contribution in [-0.2, 0) is 6.54 Å². The number of aromatic nitrogens is 1. The molecule has 0 amide bonds. The molecule has 0 unspecified atom stereocenters. The van der Waals surface area contributed by atoms with E-state index in [2.05, 4.69) is 48.9 Å². The van der Waals surface area contributed by atoms with Gasteiger partial charge in [-0.25, -0.2) is 0 Å². The van der Waals surface area contributed by atoms with E-state index < -0.39 is 0 Å². The smallest absolute Gasteiger partial charge is 0.0482 e. The third-order valence-electron chi connectivity index (χ3n) is 3.68. The largest absolute Gasteiger partial charge is 0.347 e. The number of fused-ring (bicyclic) bond motifs is 1. The van der Waals surface area contributed by atoms with Gasteiger partial charge in [0.05, 0.1) is 0 Å². The van der Waals surface area contributed by atoms with Crippen molar-refractivity contribution in [3.63, 3.8) is 0 Å². The SMILES string of the molecule is CCCCCCCCn1ccc2ccc(C)cc21. The molecule has 1 aromatic heterocycles. The summed E-state index contributed by atoms with van der Waals surface area (Å²) >= 11 is 0. The predicted octanol–water partition coefficient (Wildman–Crippen LogP) is 5.31. The third kappa shape index (κ3) is 3.38. The van der Waals surface area contributed by atoms with Crippen LogP contribution < -0.4 is 0 Å². The monoisotopic (exact) mass is 243 g/mol. The summed E-state index contributed by atoms with van der Waals surface area (Å²) in [5.74, 6) is 0. The van der Waals surface area contributed by atoms with E-state index in [0.717, 1.165) is 0 Å². The van der Waals surface area contributed by atoms with Crippen molar-refractivity contribution in [1.82, 2.24) is 4.57 Å². The summed E-state index contributed by atoms with van der Waals surface area (Å²) in [6.07, 6.45) is 10.4. The van der Waals surface area contributed by atoms with E-state index in [1.807, 2.05) is 0 Å². The number of aryl methyl sites for hydroxylation is 2. The highest BCUT2D eigenvalue weighted by molar-refractivity contribution is 5.80. The molecule has 0 saturated heterocycles. The minimum Gasteiger partial charge on any atom is -0.347 e. The molecule has 2 rings (SSSR count). The quantitative estimate of drug-likeness (QED) is 0.581. The Morgan fingerprint density at radius 3 is 2.56 bits per heavy atom. The molecule has 1 aromatic carbocycles. The summed E-state index contributed by atoms with van der Waals surface area (Å²) in [5.41, 5.74) is 2.74. The first kappa shape index (κ1) is 13.2. The van der Waals surface area contributed by atoms with E-state index in [0.29, 0.717) is 0 Å². The zero-order valence-electron chi connectivity index (χ0n) is 11.8. The maximum Gasteiger partial charge on any atom is 0.0482 e. The van der Waals surface area contributed by atoms with Crippen LogP contribution in [0.5, 0.6) is 0 Å². The number of hydrogen-bond donors (Lipinski definition) is 0. The van der Waals surface area contributed by atoms with Gasteiger partial charge in [0.1, 0.15) is 0 Å². The zero-order valence-corrected chi connectivity index (χ0v) is 11.8. The third-order valence-corrected chi connectivity index (χ3v) is 3.68. The minimum absolute atomic E-state index is 1.17. The van der Waals surface area contributed by atoms with Crippen molar-refractivity contribution in [2.75, 3.05) is 0 Å². The fourth-order valence-electron chi connectivity index (χ4n) is 2.55. The molecule has 0 aliphatic carbocycles. The van der Waals surface area contributed by atoms with E-state index in [4.69, 9.17) is 0 Å². The lowest BCUT2D eigenvalue weighted by Crippen LogP contribution is -1.96. The van der Waals surface area contributed by atoms with Crippen LogP contribution in [0.2, 0.25) is 0 Å². The fraction of sp³-hybridized carbons (Fsp3) is 0.529. The normalized spacial score (nSPS) is 11.2. The molecule has 1 nitrogen and oxygen atoms in total. The van der Waals surface area contributed by atoms with Gasteiger partial charge in [-0.2, -0.15) is 0 Å². The van der Waals surface area contributed by atoms with Crippen LogP contribution in [0.15, 0.2) is 30.5 Å². The second-order valence-electron chi connectivity index (χ2n) is 5.34. The van der Waals surface area contributed by atoms with Gasteiger partial charge in [0, 0.05) is 18.3 Å². The average Bonchev–Trinajstić information content (AvgIpc) is 2.76. The first-order valence-corrected chi connectivity index (χ1v) is 7.37. The molecule has 98 valence electrons. The van der Waals surface area contributed by atoms with Crippen LogP contribution in [0, 0.1) is 6.92 Å². The number of rotatable bonds is 7. The molecule has 1 heterocycles. The lowest BCUT2D eigenvalue weighted by molar-refractivity contribution is 0.565.